The van der Waals surface area contributed by atoms with Crippen LogP contribution in [0.4, 0.5) is 13.2 Å². The van der Waals surface area contributed by atoms with Crippen molar-refractivity contribution in [2.45, 2.75) is 6.36 Å². The quantitative estimate of drug-likeness (QED) is 0.846. The Kier molecular flexibility index (Phi) is 3.30. The van der Waals surface area contributed by atoms with E-state index < -0.39 is 35.4 Å². The van der Waals surface area contributed by atoms with Crippen LogP contribution in [-0.2, 0) is 0 Å². The van der Waals surface area contributed by atoms with E-state index in [4.69, 9.17) is 10.2 Å². The summed E-state index contributed by atoms with van der Waals surface area (Å²) >= 11 is 0. The molecule has 1 rings (SSSR count). The van der Waals surface area contributed by atoms with Gasteiger partial charge in [-0.05, 0) is 0 Å². The Labute approximate surface area is 92.2 Å². The number of aromatic nitrogens is 1. The van der Waals surface area contributed by atoms with Gasteiger partial charge in [-0.15, -0.1) is 13.2 Å². The SMILES string of the molecule is COc1cc(O)c(C(=O)O)nc1OC(F)(F)F. The Morgan fingerprint density at radius 1 is 1.47 bits per heavy atom. The zero-order valence-electron chi connectivity index (χ0n) is 8.28. The Hall–Kier alpha value is -2.19. The second-order valence-electron chi connectivity index (χ2n) is 2.72. The van der Waals surface area contributed by atoms with Gasteiger partial charge in [0.15, 0.2) is 17.2 Å². The molecule has 94 valence electrons. The lowest BCUT2D eigenvalue weighted by Gasteiger charge is -2.12. The van der Waals surface area contributed by atoms with Gasteiger partial charge in [-0.25, -0.2) is 4.79 Å². The van der Waals surface area contributed by atoms with Crippen LogP contribution in [0.1, 0.15) is 10.5 Å². The lowest BCUT2D eigenvalue weighted by Crippen LogP contribution is -2.19. The molecule has 0 aliphatic carbocycles. The van der Waals surface area contributed by atoms with E-state index in [1.54, 1.807) is 0 Å². The number of methoxy groups -OCH3 is 1. The molecule has 6 nitrogen and oxygen atoms in total. The molecule has 0 spiro atoms. The molecular formula is C8H6F3NO5. The fourth-order valence-corrected chi connectivity index (χ4v) is 0.955. The number of aromatic carboxylic acids is 1. The second-order valence-corrected chi connectivity index (χ2v) is 2.72. The highest BCUT2D eigenvalue weighted by atomic mass is 19.4. The van der Waals surface area contributed by atoms with Crippen LogP contribution in [0.25, 0.3) is 0 Å². The fraction of sp³-hybridized carbons (Fsp3) is 0.250. The van der Waals surface area contributed by atoms with Crippen molar-refractivity contribution in [3.63, 3.8) is 0 Å². The molecule has 0 atom stereocenters. The predicted octanol–water partition coefficient (Wildman–Crippen LogP) is 1.39. The molecule has 2 N–H and O–H groups in total. The predicted molar refractivity (Wildman–Crippen MR) is 46.1 cm³/mol. The highest BCUT2D eigenvalue weighted by molar-refractivity contribution is 5.88. The summed E-state index contributed by atoms with van der Waals surface area (Å²) in [6.45, 7) is 0. The van der Waals surface area contributed by atoms with Crippen LogP contribution in [0.3, 0.4) is 0 Å². The summed E-state index contributed by atoms with van der Waals surface area (Å²) in [7, 11) is 1.01. The molecule has 1 aromatic rings. The molecule has 0 amide bonds. The highest BCUT2D eigenvalue weighted by Crippen LogP contribution is 2.34. The zero-order chi connectivity index (χ0) is 13.2. The third-order valence-electron chi connectivity index (χ3n) is 1.57. The smallest absolute Gasteiger partial charge is 0.505 e. The molecule has 0 bridgehead atoms. The second kappa shape index (κ2) is 4.36. The monoisotopic (exact) mass is 253 g/mol. The Morgan fingerprint density at radius 2 is 2.06 bits per heavy atom. The van der Waals surface area contributed by atoms with Gasteiger partial charge in [0, 0.05) is 6.07 Å². The highest BCUT2D eigenvalue weighted by Gasteiger charge is 2.34. The first-order valence-corrected chi connectivity index (χ1v) is 4.01. The molecule has 0 aliphatic rings. The Morgan fingerprint density at radius 3 is 2.47 bits per heavy atom. The molecule has 0 radical (unpaired) electrons. The van der Waals surface area contributed by atoms with Crippen molar-refractivity contribution in [2.24, 2.45) is 0 Å². The topological polar surface area (TPSA) is 88.9 Å². The van der Waals surface area contributed by atoms with Crippen LogP contribution in [0, 0.1) is 0 Å². The van der Waals surface area contributed by atoms with E-state index in [1.165, 1.54) is 0 Å². The standard InChI is InChI=1S/C8H6F3NO5/c1-16-4-2-3(13)5(7(14)15)12-6(4)17-8(9,10)11/h2,13H,1H3,(H,14,15). The largest absolute Gasteiger partial charge is 0.574 e. The van der Waals surface area contributed by atoms with Gasteiger partial charge >= 0.3 is 12.3 Å². The Bertz CT molecular complexity index is 446. The van der Waals surface area contributed by atoms with Crippen molar-refractivity contribution < 1.29 is 37.7 Å². The number of pyridine rings is 1. The number of hydrogen-bond donors (Lipinski definition) is 2. The van der Waals surface area contributed by atoms with E-state index in [0.29, 0.717) is 6.07 Å². The number of hydrogen-bond acceptors (Lipinski definition) is 5. The molecule has 0 saturated heterocycles. The van der Waals surface area contributed by atoms with Crippen LogP contribution in [0.5, 0.6) is 17.4 Å². The van der Waals surface area contributed by atoms with E-state index in [0.717, 1.165) is 7.11 Å². The third kappa shape index (κ3) is 3.13. The minimum Gasteiger partial charge on any atom is -0.505 e. The number of halogens is 3. The van der Waals surface area contributed by atoms with Crippen molar-refractivity contribution in [3.05, 3.63) is 11.8 Å². The lowest BCUT2D eigenvalue weighted by atomic mass is 10.3. The van der Waals surface area contributed by atoms with Gasteiger partial charge in [-0.1, -0.05) is 0 Å². The van der Waals surface area contributed by atoms with E-state index in [9.17, 15) is 18.0 Å². The maximum Gasteiger partial charge on any atom is 0.574 e. The van der Waals surface area contributed by atoms with Crippen LogP contribution < -0.4 is 9.47 Å². The first-order valence-electron chi connectivity index (χ1n) is 4.01. The molecule has 1 heterocycles. The Balaban J connectivity index is 3.26. The minimum absolute atomic E-state index is 0.537. The summed E-state index contributed by atoms with van der Waals surface area (Å²) in [5, 5.41) is 17.7. The van der Waals surface area contributed by atoms with Crippen LogP contribution in [0.2, 0.25) is 0 Å². The fourth-order valence-electron chi connectivity index (χ4n) is 0.955. The molecule has 0 unspecified atom stereocenters. The molecule has 1 aromatic heterocycles. The van der Waals surface area contributed by atoms with Crippen molar-refractivity contribution in [1.82, 2.24) is 4.98 Å². The zero-order valence-corrected chi connectivity index (χ0v) is 8.28. The first-order chi connectivity index (χ1) is 7.74. The molecular weight excluding hydrogens is 247 g/mol. The third-order valence-corrected chi connectivity index (χ3v) is 1.57. The van der Waals surface area contributed by atoms with Gasteiger partial charge < -0.3 is 19.7 Å². The number of rotatable bonds is 3. The number of ether oxygens (including phenoxy) is 2. The van der Waals surface area contributed by atoms with Crippen molar-refractivity contribution in [3.8, 4) is 17.4 Å². The first kappa shape index (κ1) is 12.9. The van der Waals surface area contributed by atoms with Gasteiger partial charge in [0.2, 0.25) is 0 Å². The molecule has 0 saturated carbocycles. The summed E-state index contributed by atoms with van der Waals surface area (Å²) in [6, 6.07) is 0.664. The van der Waals surface area contributed by atoms with Crippen molar-refractivity contribution in [2.75, 3.05) is 7.11 Å². The maximum atomic E-state index is 12.0. The lowest BCUT2D eigenvalue weighted by molar-refractivity contribution is -0.276. The van der Waals surface area contributed by atoms with Crippen LogP contribution in [0.15, 0.2) is 6.07 Å². The van der Waals surface area contributed by atoms with Gasteiger partial charge in [-0.2, -0.15) is 4.98 Å². The number of nitrogens with zero attached hydrogens (tertiary/aromatic N) is 1. The van der Waals surface area contributed by atoms with Gasteiger partial charge in [0.05, 0.1) is 7.11 Å². The van der Waals surface area contributed by atoms with Crippen molar-refractivity contribution in [1.29, 1.82) is 0 Å². The average Bonchev–Trinajstić information content (AvgIpc) is 2.17. The van der Waals surface area contributed by atoms with Crippen molar-refractivity contribution >= 4 is 5.97 Å². The summed E-state index contributed by atoms with van der Waals surface area (Å²) < 4.78 is 43.8. The maximum absolute atomic E-state index is 12.0. The van der Waals surface area contributed by atoms with Gasteiger partial charge in [0.25, 0.3) is 5.88 Å². The molecule has 9 heteroatoms. The van der Waals surface area contributed by atoms with Crippen LogP contribution >= 0.6 is 0 Å². The van der Waals surface area contributed by atoms with Crippen LogP contribution in [-0.4, -0.2) is 34.6 Å². The van der Waals surface area contributed by atoms with E-state index in [2.05, 4.69) is 14.5 Å². The minimum atomic E-state index is -5.05. The molecule has 0 aromatic carbocycles. The number of carboxylic acids is 1. The molecule has 0 aliphatic heterocycles. The van der Waals surface area contributed by atoms with E-state index >= 15 is 0 Å². The summed E-state index contributed by atoms with van der Waals surface area (Å²) in [4.78, 5) is 13.6. The number of carboxylic acid groups (broad SMARTS) is 1. The van der Waals surface area contributed by atoms with E-state index in [1.807, 2.05) is 0 Å². The van der Waals surface area contributed by atoms with E-state index in [-0.39, 0.29) is 0 Å². The molecule has 17 heavy (non-hydrogen) atoms. The summed E-state index contributed by atoms with van der Waals surface area (Å²) in [5.41, 5.74) is -0.968. The summed E-state index contributed by atoms with van der Waals surface area (Å²) in [6.07, 6.45) is -5.05. The normalized spacial score (nSPS) is 11.1. The number of carbonyl (C=O) groups is 1. The molecule has 0 fully saturated rings. The van der Waals surface area contributed by atoms with Gasteiger partial charge in [0.1, 0.15) is 0 Å². The number of aromatic hydroxyl groups is 1. The average molecular weight is 253 g/mol. The number of alkyl halides is 3. The van der Waals surface area contributed by atoms with Gasteiger partial charge in [-0.3, -0.25) is 0 Å². The summed E-state index contributed by atoms with van der Waals surface area (Å²) in [5.74, 6) is -4.15.